The third-order valence-electron chi connectivity index (χ3n) is 5.07. The van der Waals surface area contributed by atoms with Crippen molar-refractivity contribution in [3.63, 3.8) is 0 Å². The van der Waals surface area contributed by atoms with Gasteiger partial charge in [0.05, 0.1) is 18.6 Å². The molecule has 6 nitrogen and oxygen atoms in total. The summed E-state index contributed by atoms with van der Waals surface area (Å²) < 4.78 is 32.2. The van der Waals surface area contributed by atoms with Gasteiger partial charge in [-0.1, -0.05) is 29.8 Å². The van der Waals surface area contributed by atoms with Crippen LogP contribution in [0.3, 0.4) is 0 Å². The van der Waals surface area contributed by atoms with Crippen LogP contribution >= 0.6 is 11.6 Å². The highest BCUT2D eigenvalue weighted by Crippen LogP contribution is 2.28. The van der Waals surface area contributed by atoms with Crippen LogP contribution in [0, 0.1) is 12.8 Å². The molecule has 0 saturated carbocycles. The molecular formula is C21H25ClN2O4S. The lowest BCUT2D eigenvalue weighted by Gasteiger charge is -2.30. The monoisotopic (exact) mass is 436 g/mol. The van der Waals surface area contributed by atoms with E-state index in [-0.39, 0.29) is 17.6 Å². The number of carbonyl (C=O) groups excluding carboxylic acids is 1. The molecule has 0 aliphatic carbocycles. The van der Waals surface area contributed by atoms with Crippen LogP contribution in [0.4, 0.5) is 5.69 Å². The number of halogens is 1. The predicted octanol–water partition coefficient (Wildman–Crippen LogP) is 3.84. The second-order valence-electron chi connectivity index (χ2n) is 7.25. The number of methoxy groups -OCH3 is 1. The lowest BCUT2D eigenvalue weighted by molar-refractivity contribution is -0.120. The average Bonchev–Trinajstić information content (AvgIpc) is 2.68. The Morgan fingerprint density at radius 1 is 1.21 bits per heavy atom. The van der Waals surface area contributed by atoms with E-state index in [4.69, 9.17) is 16.3 Å². The van der Waals surface area contributed by atoms with Crippen molar-refractivity contribution in [2.45, 2.75) is 25.5 Å². The van der Waals surface area contributed by atoms with Crippen molar-refractivity contribution in [1.82, 2.24) is 4.31 Å². The molecule has 0 atom stereocenters. The minimum absolute atomic E-state index is 0.0923. The summed E-state index contributed by atoms with van der Waals surface area (Å²) in [5.41, 5.74) is 2.31. The fourth-order valence-corrected chi connectivity index (χ4v) is 5.24. The maximum atomic E-state index is 12.7. The van der Waals surface area contributed by atoms with Gasteiger partial charge in [-0.2, -0.15) is 0 Å². The van der Waals surface area contributed by atoms with Crippen molar-refractivity contribution in [1.29, 1.82) is 0 Å². The van der Waals surface area contributed by atoms with Crippen LogP contribution in [0.5, 0.6) is 5.75 Å². The second kappa shape index (κ2) is 9.15. The summed E-state index contributed by atoms with van der Waals surface area (Å²) in [5.74, 6) is 0.161. The van der Waals surface area contributed by atoms with Crippen LogP contribution in [0.15, 0.2) is 42.5 Å². The molecule has 1 saturated heterocycles. The fraction of sp³-hybridized carbons (Fsp3) is 0.381. The third-order valence-corrected chi connectivity index (χ3v) is 7.15. The fourth-order valence-electron chi connectivity index (χ4n) is 3.48. The van der Waals surface area contributed by atoms with E-state index < -0.39 is 10.0 Å². The van der Waals surface area contributed by atoms with Crippen molar-refractivity contribution in [2.24, 2.45) is 5.92 Å². The Labute approximate surface area is 176 Å². The van der Waals surface area contributed by atoms with Gasteiger partial charge in [0, 0.05) is 24.0 Å². The smallest absolute Gasteiger partial charge is 0.227 e. The number of amides is 1. The molecule has 1 aliphatic heterocycles. The van der Waals surface area contributed by atoms with Crippen LogP contribution in [0.25, 0.3) is 0 Å². The molecule has 0 spiro atoms. The van der Waals surface area contributed by atoms with Crippen LogP contribution < -0.4 is 10.1 Å². The molecule has 0 bridgehead atoms. The minimum atomic E-state index is -3.45. The molecule has 0 radical (unpaired) electrons. The number of hydrogen-bond donors (Lipinski definition) is 1. The molecular weight excluding hydrogens is 412 g/mol. The van der Waals surface area contributed by atoms with E-state index in [0.717, 1.165) is 5.56 Å². The average molecular weight is 437 g/mol. The van der Waals surface area contributed by atoms with Crippen molar-refractivity contribution < 1.29 is 17.9 Å². The van der Waals surface area contributed by atoms with Gasteiger partial charge in [0.1, 0.15) is 5.75 Å². The standard InChI is InChI=1S/C21H25ClN2O4S/c1-15-6-7-20(28-2)19(12-15)23-21(25)17-8-10-24(11-9-17)29(26,27)14-16-4-3-5-18(22)13-16/h3-7,12-13,17H,8-11,14H2,1-2H3,(H,23,25). The summed E-state index contributed by atoms with van der Waals surface area (Å²) in [5, 5.41) is 3.44. The van der Waals surface area contributed by atoms with Crippen LogP contribution in [0.2, 0.25) is 5.02 Å². The van der Waals surface area contributed by atoms with Gasteiger partial charge in [-0.25, -0.2) is 12.7 Å². The van der Waals surface area contributed by atoms with Gasteiger partial charge >= 0.3 is 0 Å². The molecule has 156 valence electrons. The lowest BCUT2D eigenvalue weighted by atomic mass is 9.97. The summed E-state index contributed by atoms with van der Waals surface area (Å²) in [6.45, 7) is 2.59. The van der Waals surface area contributed by atoms with Crippen LogP contribution in [-0.2, 0) is 20.6 Å². The molecule has 3 rings (SSSR count). The Balaban J connectivity index is 1.60. The number of anilines is 1. The zero-order valence-corrected chi connectivity index (χ0v) is 18.1. The molecule has 2 aromatic carbocycles. The molecule has 1 fully saturated rings. The zero-order valence-electron chi connectivity index (χ0n) is 16.5. The van der Waals surface area contributed by atoms with Crippen LogP contribution in [-0.4, -0.2) is 38.8 Å². The Kier molecular flexibility index (Phi) is 6.82. The largest absolute Gasteiger partial charge is 0.495 e. The molecule has 0 unspecified atom stereocenters. The minimum Gasteiger partial charge on any atom is -0.495 e. The summed E-state index contributed by atoms with van der Waals surface area (Å²) in [7, 11) is -1.90. The van der Waals surface area contributed by atoms with Crippen LogP contribution in [0.1, 0.15) is 24.0 Å². The molecule has 2 aromatic rings. The van der Waals surface area contributed by atoms with E-state index in [2.05, 4.69) is 5.32 Å². The summed E-state index contributed by atoms with van der Waals surface area (Å²) in [4.78, 5) is 12.7. The third kappa shape index (κ3) is 5.50. The number of sulfonamides is 1. The number of ether oxygens (including phenoxy) is 1. The second-order valence-corrected chi connectivity index (χ2v) is 9.66. The number of hydrogen-bond acceptors (Lipinski definition) is 4. The quantitative estimate of drug-likeness (QED) is 0.746. The van der Waals surface area contributed by atoms with Gasteiger partial charge in [-0.15, -0.1) is 0 Å². The van der Waals surface area contributed by atoms with E-state index in [9.17, 15) is 13.2 Å². The normalized spacial score (nSPS) is 15.8. The topological polar surface area (TPSA) is 75.7 Å². The first-order valence-electron chi connectivity index (χ1n) is 9.46. The number of carbonyl (C=O) groups is 1. The van der Waals surface area contributed by atoms with Crippen molar-refractivity contribution >= 4 is 33.2 Å². The number of aryl methyl sites for hydroxylation is 1. The van der Waals surface area contributed by atoms with Gasteiger partial charge in [0.15, 0.2) is 0 Å². The Hall–Kier alpha value is -2.09. The van der Waals surface area contributed by atoms with E-state index in [0.29, 0.717) is 48.0 Å². The maximum Gasteiger partial charge on any atom is 0.227 e. The Morgan fingerprint density at radius 2 is 1.93 bits per heavy atom. The van der Waals surface area contributed by atoms with Crippen molar-refractivity contribution in [2.75, 3.05) is 25.5 Å². The molecule has 1 aliphatic rings. The van der Waals surface area contributed by atoms with Gasteiger partial charge in [-0.05, 0) is 55.2 Å². The maximum absolute atomic E-state index is 12.7. The highest BCUT2D eigenvalue weighted by atomic mass is 35.5. The van der Waals surface area contributed by atoms with E-state index in [1.165, 1.54) is 4.31 Å². The van der Waals surface area contributed by atoms with Crippen molar-refractivity contribution in [3.8, 4) is 5.75 Å². The first-order valence-corrected chi connectivity index (χ1v) is 11.4. The highest BCUT2D eigenvalue weighted by Gasteiger charge is 2.31. The zero-order chi connectivity index (χ0) is 21.0. The summed E-state index contributed by atoms with van der Waals surface area (Å²) >= 11 is 5.95. The SMILES string of the molecule is COc1ccc(C)cc1NC(=O)C1CCN(S(=O)(=O)Cc2cccc(Cl)c2)CC1. The molecule has 0 aromatic heterocycles. The number of nitrogens with zero attached hydrogens (tertiary/aromatic N) is 1. The van der Waals surface area contributed by atoms with Gasteiger partial charge in [0.2, 0.25) is 15.9 Å². The van der Waals surface area contributed by atoms with Gasteiger partial charge < -0.3 is 10.1 Å². The molecule has 29 heavy (non-hydrogen) atoms. The molecule has 8 heteroatoms. The van der Waals surface area contributed by atoms with E-state index in [1.54, 1.807) is 31.4 Å². The molecule has 1 N–H and O–H groups in total. The highest BCUT2D eigenvalue weighted by molar-refractivity contribution is 7.88. The summed E-state index contributed by atoms with van der Waals surface area (Å²) in [6.07, 6.45) is 0.962. The Bertz CT molecular complexity index is 986. The number of piperidine rings is 1. The molecule has 1 heterocycles. The van der Waals surface area contributed by atoms with E-state index >= 15 is 0 Å². The molecule has 1 amide bonds. The van der Waals surface area contributed by atoms with Crippen molar-refractivity contribution in [3.05, 3.63) is 58.6 Å². The number of rotatable bonds is 6. The van der Waals surface area contributed by atoms with Gasteiger partial charge in [-0.3, -0.25) is 4.79 Å². The number of benzene rings is 2. The van der Waals surface area contributed by atoms with Gasteiger partial charge in [0.25, 0.3) is 0 Å². The lowest BCUT2D eigenvalue weighted by Crippen LogP contribution is -2.41. The predicted molar refractivity (Wildman–Crippen MR) is 115 cm³/mol. The first-order chi connectivity index (χ1) is 13.8. The number of nitrogens with one attached hydrogen (secondary N) is 1. The Morgan fingerprint density at radius 3 is 2.59 bits per heavy atom. The van der Waals surface area contributed by atoms with E-state index in [1.807, 2.05) is 25.1 Å². The first kappa shape index (κ1) is 21.6. The summed E-state index contributed by atoms with van der Waals surface area (Å²) in [6, 6.07) is 12.5.